The van der Waals surface area contributed by atoms with Crippen LogP contribution in [-0.2, 0) is 14.8 Å². The summed E-state index contributed by atoms with van der Waals surface area (Å²) >= 11 is 4.67. The second-order valence-electron chi connectivity index (χ2n) is 4.66. The van der Waals surface area contributed by atoms with Crippen LogP contribution in [0.1, 0.15) is 18.4 Å². The van der Waals surface area contributed by atoms with Crippen molar-refractivity contribution in [2.45, 2.75) is 23.8 Å². The molecule has 114 valence electrons. The van der Waals surface area contributed by atoms with Crippen LogP contribution in [0.25, 0.3) is 0 Å². The number of sulfonamides is 1. The van der Waals surface area contributed by atoms with Gasteiger partial charge in [0.1, 0.15) is 10.8 Å². The first kappa shape index (κ1) is 15.8. The number of nitrogens with two attached hydrogens (primary N) is 1. The molecule has 1 fully saturated rings. The Morgan fingerprint density at radius 1 is 1.52 bits per heavy atom. The van der Waals surface area contributed by atoms with Crippen molar-refractivity contribution in [3.05, 3.63) is 29.6 Å². The summed E-state index contributed by atoms with van der Waals surface area (Å²) in [6, 6.07) is 2.99. The third-order valence-corrected chi connectivity index (χ3v) is 4.76. The molecule has 9 heteroatoms. The standard InChI is InChI=1S/C12H14FN3O3S2/c13-10-3-2-8(5-9(10)12(14)20)21(18,19)15-6-7-1-4-11(17)16-7/h2-3,5,7,15H,1,4,6H2,(H2,14,20)(H,16,17). The van der Waals surface area contributed by atoms with Gasteiger partial charge in [0.2, 0.25) is 15.9 Å². The Labute approximate surface area is 127 Å². The fourth-order valence-electron chi connectivity index (χ4n) is 1.98. The van der Waals surface area contributed by atoms with Gasteiger partial charge in [-0.2, -0.15) is 0 Å². The quantitative estimate of drug-likeness (QED) is 0.660. The first-order valence-electron chi connectivity index (χ1n) is 6.18. The number of nitrogens with one attached hydrogen (secondary N) is 2. The summed E-state index contributed by atoms with van der Waals surface area (Å²) in [7, 11) is -3.82. The van der Waals surface area contributed by atoms with E-state index >= 15 is 0 Å². The van der Waals surface area contributed by atoms with E-state index in [0.717, 1.165) is 18.2 Å². The number of benzene rings is 1. The van der Waals surface area contributed by atoms with Crippen molar-refractivity contribution in [2.75, 3.05) is 6.54 Å². The number of carbonyl (C=O) groups is 1. The zero-order valence-electron chi connectivity index (χ0n) is 10.9. The van der Waals surface area contributed by atoms with Crippen LogP contribution in [0.2, 0.25) is 0 Å². The van der Waals surface area contributed by atoms with Gasteiger partial charge in [0, 0.05) is 24.6 Å². The summed E-state index contributed by atoms with van der Waals surface area (Å²) in [4.78, 5) is 10.7. The minimum atomic E-state index is -3.82. The summed E-state index contributed by atoms with van der Waals surface area (Å²) in [5.74, 6) is -0.777. The Hall–Kier alpha value is -1.58. The van der Waals surface area contributed by atoms with E-state index in [1.165, 1.54) is 0 Å². The van der Waals surface area contributed by atoms with Gasteiger partial charge in [-0.1, -0.05) is 12.2 Å². The molecule has 1 saturated heterocycles. The van der Waals surface area contributed by atoms with Gasteiger partial charge < -0.3 is 11.1 Å². The van der Waals surface area contributed by atoms with Crippen molar-refractivity contribution in [2.24, 2.45) is 5.73 Å². The molecule has 1 aliphatic rings. The normalized spacial score (nSPS) is 18.5. The molecule has 21 heavy (non-hydrogen) atoms. The second-order valence-corrected chi connectivity index (χ2v) is 6.87. The van der Waals surface area contributed by atoms with Gasteiger partial charge in [0.15, 0.2) is 0 Å². The Kier molecular flexibility index (Phi) is 4.55. The molecule has 1 aromatic rings. The van der Waals surface area contributed by atoms with E-state index in [1.807, 2.05) is 0 Å². The Bertz CT molecular complexity index is 691. The van der Waals surface area contributed by atoms with Crippen LogP contribution in [0.15, 0.2) is 23.1 Å². The average molecular weight is 331 g/mol. The van der Waals surface area contributed by atoms with E-state index in [2.05, 4.69) is 22.3 Å². The highest BCUT2D eigenvalue weighted by Crippen LogP contribution is 2.15. The lowest BCUT2D eigenvalue weighted by atomic mass is 10.2. The highest BCUT2D eigenvalue weighted by molar-refractivity contribution is 7.89. The number of carbonyl (C=O) groups excluding carboxylic acids is 1. The van der Waals surface area contributed by atoms with Gasteiger partial charge in [-0.05, 0) is 24.6 Å². The van der Waals surface area contributed by atoms with Gasteiger partial charge in [-0.25, -0.2) is 17.5 Å². The fourth-order valence-corrected chi connectivity index (χ4v) is 3.25. The lowest BCUT2D eigenvalue weighted by Crippen LogP contribution is -2.38. The molecular weight excluding hydrogens is 317 g/mol. The summed E-state index contributed by atoms with van der Waals surface area (Å²) in [6.07, 6.45) is 0.956. The number of thiocarbonyl (C=S) groups is 1. The van der Waals surface area contributed by atoms with Crippen molar-refractivity contribution in [3.8, 4) is 0 Å². The van der Waals surface area contributed by atoms with Crippen LogP contribution in [0, 0.1) is 5.82 Å². The Morgan fingerprint density at radius 3 is 2.81 bits per heavy atom. The monoisotopic (exact) mass is 331 g/mol. The minimum Gasteiger partial charge on any atom is -0.389 e. The maximum Gasteiger partial charge on any atom is 0.240 e. The topological polar surface area (TPSA) is 101 Å². The molecule has 0 spiro atoms. The number of hydrogen-bond acceptors (Lipinski definition) is 4. The number of hydrogen-bond donors (Lipinski definition) is 3. The molecule has 0 aromatic heterocycles. The first-order chi connectivity index (χ1) is 9.79. The zero-order valence-corrected chi connectivity index (χ0v) is 12.6. The molecule has 1 atom stereocenters. The van der Waals surface area contributed by atoms with Crippen LogP contribution >= 0.6 is 12.2 Å². The van der Waals surface area contributed by atoms with E-state index in [-0.39, 0.29) is 33.9 Å². The van der Waals surface area contributed by atoms with E-state index < -0.39 is 15.8 Å². The van der Waals surface area contributed by atoms with Crippen molar-refractivity contribution < 1.29 is 17.6 Å². The van der Waals surface area contributed by atoms with Crippen molar-refractivity contribution in [1.29, 1.82) is 0 Å². The van der Waals surface area contributed by atoms with Gasteiger partial charge in [-0.15, -0.1) is 0 Å². The summed E-state index contributed by atoms with van der Waals surface area (Å²) < 4.78 is 40.1. The van der Waals surface area contributed by atoms with Crippen LogP contribution in [0.4, 0.5) is 4.39 Å². The van der Waals surface area contributed by atoms with E-state index in [4.69, 9.17) is 5.73 Å². The maximum atomic E-state index is 13.5. The van der Waals surface area contributed by atoms with Crippen LogP contribution in [0.3, 0.4) is 0 Å². The minimum absolute atomic E-state index is 0.0772. The fraction of sp³-hybridized carbons (Fsp3) is 0.333. The van der Waals surface area contributed by atoms with Crippen molar-refractivity contribution >= 4 is 33.1 Å². The molecule has 1 amide bonds. The first-order valence-corrected chi connectivity index (χ1v) is 8.07. The van der Waals surface area contributed by atoms with E-state index in [0.29, 0.717) is 12.8 Å². The molecule has 1 aromatic carbocycles. The SMILES string of the molecule is NC(=S)c1cc(S(=O)(=O)NCC2CCC(=O)N2)ccc1F. The Morgan fingerprint density at radius 2 is 2.24 bits per heavy atom. The third kappa shape index (κ3) is 3.74. The highest BCUT2D eigenvalue weighted by Gasteiger charge is 2.23. The molecule has 4 N–H and O–H groups in total. The van der Waals surface area contributed by atoms with Gasteiger partial charge in [-0.3, -0.25) is 4.79 Å². The molecule has 6 nitrogen and oxygen atoms in total. The summed E-state index contributed by atoms with van der Waals surface area (Å²) in [5.41, 5.74) is 5.22. The predicted molar refractivity (Wildman–Crippen MR) is 78.6 cm³/mol. The van der Waals surface area contributed by atoms with Gasteiger partial charge in [0.25, 0.3) is 0 Å². The smallest absolute Gasteiger partial charge is 0.240 e. The number of rotatable bonds is 5. The van der Waals surface area contributed by atoms with Gasteiger partial charge in [0.05, 0.1) is 4.90 Å². The zero-order chi connectivity index (χ0) is 15.6. The molecule has 0 saturated carbocycles. The lowest BCUT2D eigenvalue weighted by Gasteiger charge is -2.12. The average Bonchev–Trinajstić information content (AvgIpc) is 2.82. The summed E-state index contributed by atoms with van der Waals surface area (Å²) in [5, 5.41) is 2.65. The maximum absolute atomic E-state index is 13.5. The molecular formula is C12H14FN3O3S2. The van der Waals surface area contributed by atoms with Crippen LogP contribution < -0.4 is 15.8 Å². The summed E-state index contributed by atoms with van der Waals surface area (Å²) in [6.45, 7) is 0.0772. The highest BCUT2D eigenvalue weighted by atomic mass is 32.2. The van der Waals surface area contributed by atoms with Crippen molar-refractivity contribution in [1.82, 2.24) is 10.0 Å². The predicted octanol–water partition coefficient (Wildman–Crippen LogP) is 0.0168. The molecule has 1 unspecified atom stereocenters. The van der Waals surface area contributed by atoms with Gasteiger partial charge >= 0.3 is 0 Å². The Balaban J connectivity index is 2.14. The van der Waals surface area contributed by atoms with E-state index in [1.54, 1.807) is 0 Å². The number of halogens is 1. The van der Waals surface area contributed by atoms with Crippen LogP contribution in [-0.4, -0.2) is 31.9 Å². The molecule has 0 bridgehead atoms. The lowest BCUT2D eigenvalue weighted by molar-refractivity contribution is -0.119. The molecule has 1 heterocycles. The number of amides is 1. The molecule has 1 aliphatic heterocycles. The third-order valence-electron chi connectivity index (χ3n) is 3.12. The largest absolute Gasteiger partial charge is 0.389 e. The van der Waals surface area contributed by atoms with Crippen molar-refractivity contribution in [3.63, 3.8) is 0 Å². The second kappa shape index (κ2) is 6.04. The van der Waals surface area contributed by atoms with Crippen LogP contribution in [0.5, 0.6) is 0 Å². The molecule has 0 radical (unpaired) electrons. The molecule has 0 aliphatic carbocycles. The molecule has 2 rings (SSSR count). The van der Waals surface area contributed by atoms with E-state index in [9.17, 15) is 17.6 Å².